The van der Waals surface area contributed by atoms with E-state index < -0.39 is 0 Å². The van der Waals surface area contributed by atoms with E-state index in [0.717, 1.165) is 17.0 Å². The number of imide groups is 1. The van der Waals surface area contributed by atoms with Crippen molar-refractivity contribution >= 4 is 40.5 Å². The fourth-order valence-electron chi connectivity index (χ4n) is 4.13. The molecule has 1 aromatic heterocycles. The Morgan fingerprint density at radius 3 is 2.41 bits per heavy atom. The summed E-state index contributed by atoms with van der Waals surface area (Å²) in [5, 5.41) is 5.11. The molecule has 2 aromatic rings. The van der Waals surface area contributed by atoms with Gasteiger partial charge in [0, 0.05) is 29.7 Å². The molecule has 0 atom stereocenters. The number of amides is 3. The van der Waals surface area contributed by atoms with E-state index in [1.807, 2.05) is 41.8 Å². The number of nitrogens with zero attached hydrogens (tertiary/aromatic N) is 2. The number of likely N-dealkylation sites (tertiary alicyclic amines) is 1. The highest BCUT2D eigenvalue weighted by Gasteiger charge is 2.44. The smallest absolute Gasteiger partial charge is 0.409 e. The zero-order valence-electron chi connectivity index (χ0n) is 18.3. The topological polar surface area (TPSA) is 79.0 Å². The number of hydrogen-bond donors (Lipinski definition) is 1. The van der Waals surface area contributed by atoms with Crippen molar-refractivity contribution in [3.8, 4) is 0 Å². The molecule has 3 amide bonds. The van der Waals surface area contributed by atoms with Gasteiger partial charge in [-0.05, 0) is 55.3 Å². The molecule has 1 saturated heterocycles. The SMILES string of the molecule is CCOC(=O)N1CCC(N2C(=O)C(Nc3ccc(CC)cc3)=C(c3cccs3)C2=O)CC1. The number of carbonyl (C=O) groups excluding carboxylic acids is 3. The second-order valence-corrected chi connectivity index (χ2v) is 8.75. The normalized spacial score (nSPS) is 17.3. The molecule has 0 unspecified atom stereocenters. The number of piperidine rings is 1. The van der Waals surface area contributed by atoms with Crippen LogP contribution >= 0.6 is 11.3 Å². The maximum absolute atomic E-state index is 13.5. The van der Waals surface area contributed by atoms with Gasteiger partial charge in [0.05, 0.1) is 12.2 Å². The van der Waals surface area contributed by atoms with Gasteiger partial charge >= 0.3 is 6.09 Å². The van der Waals surface area contributed by atoms with Crippen molar-refractivity contribution in [2.24, 2.45) is 0 Å². The first-order valence-electron chi connectivity index (χ1n) is 11.0. The average Bonchev–Trinajstić information content (AvgIpc) is 3.41. The number of carbonyl (C=O) groups is 3. The van der Waals surface area contributed by atoms with Gasteiger partial charge in [-0.15, -0.1) is 11.3 Å². The van der Waals surface area contributed by atoms with Crippen molar-refractivity contribution in [3.05, 3.63) is 57.9 Å². The van der Waals surface area contributed by atoms with E-state index in [1.54, 1.807) is 11.8 Å². The lowest BCUT2D eigenvalue weighted by atomic mass is 10.0. The maximum atomic E-state index is 13.5. The Morgan fingerprint density at radius 1 is 1.09 bits per heavy atom. The highest BCUT2D eigenvalue weighted by molar-refractivity contribution is 7.11. The molecule has 7 nitrogen and oxygen atoms in total. The standard InChI is InChI=1S/C24H27N3O4S/c1-3-16-7-9-17(10-8-16)25-21-20(19-6-5-15-32-19)22(28)27(23(21)29)18-11-13-26(14-12-18)24(30)31-4-2/h5-10,15,18,25H,3-4,11-14H2,1-2H3. The first-order valence-corrected chi connectivity index (χ1v) is 11.8. The molecule has 3 heterocycles. The highest BCUT2D eigenvalue weighted by Crippen LogP contribution is 2.35. The molecule has 0 saturated carbocycles. The summed E-state index contributed by atoms with van der Waals surface area (Å²) in [4.78, 5) is 42.7. The second kappa shape index (κ2) is 9.56. The molecule has 4 rings (SSSR count). The summed E-state index contributed by atoms with van der Waals surface area (Å²) in [5.74, 6) is -0.590. The molecule has 0 aliphatic carbocycles. The van der Waals surface area contributed by atoms with E-state index >= 15 is 0 Å². The van der Waals surface area contributed by atoms with Gasteiger partial charge in [0.15, 0.2) is 0 Å². The fraction of sp³-hybridized carbons (Fsp3) is 0.375. The number of rotatable bonds is 6. The largest absolute Gasteiger partial charge is 0.450 e. The average molecular weight is 454 g/mol. The molecule has 0 radical (unpaired) electrons. The lowest BCUT2D eigenvalue weighted by molar-refractivity contribution is -0.140. The molecular weight excluding hydrogens is 426 g/mol. The Labute approximate surface area is 191 Å². The monoisotopic (exact) mass is 453 g/mol. The van der Waals surface area contributed by atoms with Gasteiger partial charge in [0.25, 0.3) is 11.8 Å². The highest BCUT2D eigenvalue weighted by atomic mass is 32.1. The Morgan fingerprint density at radius 2 is 1.81 bits per heavy atom. The number of nitrogens with one attached hydrogen (secondary N) is 1. The van der Waals surface area contributed by atoms with E-state index in [4.69, 9.17) is 4.74 Å². The van der Waals surface area contributed by atoms with Crippen LogP contribution in [0.2, 0.25) is 0 Å². The number of hydrogen-bond acceptors (Lipinski definition) is 6. The van der Waals surface area contributed by atoms with E-state index in [2.05, 4.69) is 12.2 Å². The van der Waals surface area contributed by atoms with Crippen LogP contribution in [-0.2, 0) is 20.7 Å². The predicted molar refractivity (Wildman–Crippen MR) is 124 cm³/mol. The van der Waals surface area contributed by atoms with Crippen molar-refractivity contribution < 1.29 is 19.1 Å². The van der Waals surface area contributed by atoms with Gasteiger partial charge in [-0.3, -0.25) is 14.5 Å². The summed E-state index contributed by atoms with van der Waals surface area (Å²) >= 11 is 1.44. The number of anilines is 1. The Balaban J connectivity index is 1.56. The Bertz CT molecular complexity index is 1020. The van der Waals surface area contributed by atoms with Crippen molar-refractivity contribution in [1.29, 1.82) is 0 Å². The van der Waals surface area contributed by atoms with Gasteiger partial charge in [0.1, 0.15) is 5.70 Å². The Hall–Kier alpha value is -3.13. The van der Waals surface area contributed by atoms with E-state index in [0.29, 0.717) is 43.8 Å². The van der Waals surface area contributed by atoms with Crippen LogP contribution in [0.3, 0.4) is 0 Å². The first kappa shape index (κ1) is 22.1. The van der Waals surface area contributed by atoms with Gasteiger partial charge in [-0.2, -0.15) is 0 Å². The van der Waals surface area contributed by atoms with Crippen LogP contribution in [0.4, 0.5) is 10.5 Å². The van der Waals surface area contributed by atoms with Crippen molar-refractivity contribution in [2.45, 2.75) is 39.2 Å². The molecule has 2 aliphatic rings. The summed E-state index contributed by atoms with van der Waals surface area (Å²) in [5.41, 5.74) is 2.70. The van der Waals surface area contributed by atoms with Crippen LogP contribution in [0.15, 0.2) is 47.5 Å². The molecule has 0 bridgehead atoms. The number of benzene rings is 1. The van der Waals surface area contributed by atoms with Crippen LogP contribution in [0, 0.1) is 0 Å². The zero-order chi connectivity index (χ0) is 22.7. The molecule has 1 N–H and O–H groups in total. The Kier molecular flexibility index (Phi) is 6.60. The molecule has 32 heavy (non-hydrogen) atoms. The van der Waals surface area contributed by atoms with Crippen molar-refractivity contribution in [1.82, 2.24) is 9.80 Å². The lowest BCUT2D eigenvalue weighted by Gasteiger charge is -2.35. The first-order chi connectivity index (χ1) is 15.5. The predicted octanol–water partition coefficient (Wildman–Crippen LogP) is 4.12. The third-order valence-corrected chi connectivity index (χ3v) is 6.76. The van der Waals surface area contributed by atoms with Gasteiger partial charge in [0.2, 0.25) is 0 Å². The van der Waals surface area contributed by atoms with Crippen LogP contribution in [0.1, 0.15) is 37.1 Å². The van der Waals surface area contributed by atoms with Gasteiger partial charge < -0.3 is 15.0 Å². The lowest BCUT2D eigenvalue weighted by Crippen LogP contribution is -2.49. The quantitative estimate of drug-likeness (QED) is 0.666. The number of ether oxygens (including phenoxy) is 1. The van der Waals surface area contributed by atoms with Crippen molar-refractivity contribution in [3.63, 3.8) is 0 Å². The summed E-state index contributed by atoms with van der Waals surface area (Å²) < 4.78 is 5.07. The van der Waals surface area contributed by atoms with Crippen molar-refractivity contribution in [2.75, 3.05) is 25.0 Å². The second-order valence-electron chi connectivity index (χ2n) is 7.80. The zero-order valence-corrected chi connectivity index (χ0v) is 19.1. The molecule has 1 aromatic carbocycles. The van der Waals surface area contributed by atoms with Crippen LogP contribution in [-0.4, -0.2) is 53.4 Å². The maximum Gasteiger partial charge on any atom is 0.409 e. The molecule has 8 heteroatoms. The summed E-state index contributed by atoms with van der Waals surface area (Å²) in [6.07, 6.45) is 1.65. The van der Waals surface area contributed by atoms with Crippen LogP contribution in [0.5, 0.6) is 0 Å². The molecular formula is C24H27N3O4S. The third kappa shape index (κ3) is 4.27. The van der Waals surface area contributed by atoms with Gasteiger partial charge in [-0.25, -0.2) is 4.79 Å². The van der Waals surface area contributed by atoms with E-state index in [1.165, 1.54) is 21.8 Å². The van der Waals surface area contributed by atoms with Crippen LogP contribution in [0.25, 0.3) is 5.57 Å². The molecule has 168 valence electrons. The van der Waals surface area contributed by atoms with Crippen LogP contribution < -0.4 is 5.32 Å². The molecule has 1 fully saturated rings. The van der Waals surface area contributed by atoms with E-state index in [9.17, 15) is 14.4 Å². The fourth-order valence-corrected chi connectivity index (χ4v) is 4.90. The summed E-state index contributed by atoms with van der Waals surface area (Å²) in [6, 6.07) is 11.4. The summed E-state index contributed by atoms with van der Waals surface area (Å²) in [6.45, 7) is 5.09. The minimum atomic E-state index is -0.347. The molecule has 0 spiro atoms. The molecule has 2 aliphatic heterocycles. The third-order valence-electron chi connectivity index (χ3n) is 5.87. The minimum Gasteiger partial charge on any atom is -0.450 e. The summed E-state index contributed by atoms with van der Waals surface area (Å²) in [7, 11) is 0. The number of aryl methyl sites for hydroxylation is 1. The van der Waals surface area contributed by atoms with Gasteiger partial charge in [-0.1, -0.05) is 25.1 Å². The number of thiophene rings is 1. The van der Waals surface area contributed by atoms with E-state index in [-0.39, 0.29) is 23.9 Å². The minimum absolute atomic E-state index is 0.252.